The third-order valence-corrected chi connectivity index (χ3v) is 6.56. The zero-order valence-electron chi connectivity index (χ0n) is 11.3. The van der Waals surface area contributed by atoms with Gasteiger partial charge in [-0.25, -0.2) is 0 Å². The van der Waals surface area contributed by atoms with Crippen molar-refractivity contribution in [1.29, 1.82) is 0 Å². The fourth-order valence-electron chi connectivity index (χ4n) is 3.96. The van der Waals surface area contributed by atoms with Crippen LogP contribution in [0.15, 0.2) is 22.6 Å². The molecule has 1 heterocycles. The van der Waals surface area contributed by atoms with Crippen molar-refractivity contribution in [3.8, 4) is 0 Å². The van der Waals surface area contributed by atoms with Gasteiger partial charge >= 0.3 is 0 Å². The van der Waals surface area contributed by atoms with Crippen LogP contribution in [0.25, 0.3) is 0 Å². The normalized spacial score (nSPS) is 39.8. The molecule has 3 aliphatic rings. The maximum absolute atomic E-state index is 2.51. The van der Waals surface area contributed by atoms with Crippen LogP contribution in [0, 0.1) is 17.3 Å². The Hall–Kier alpha value is -0.170. The van der Waals surface area contributed by atoms with Crippen LogP contribution in [0.2, 0.25) is 0 Å². The third-order valence-electron chi connectivity index (χ3n) is 5.11. The van der Waals surface area contributed by atoms with E-state index in [4.69, 9.17) is 0 Å². The first kappa shape index (κ1) is 11.9. The minimum absolute atomic E-state index is 0.455. The van der Waals surface area contributed by atoms with Gasteiger partial charge in [-0.3, -0.25) is 0 Å². The molecular formula is C16H24S. The Balaban J connectivity index is 1.98. The topological polar surface area (TPSA) is 0 Å². The van der Waals surface area contributed by atoms with Crippen molar-refractivity contribution >= 4 is 11.8 Å². The molecule has 0 saturated heterocycles. The van der Waals surface area contributed by atoms with Gasteiger partial charge in [0.05, 0.1) is 0 Å². The molecule has 0 N–H and O–H groups in total. The van der Waals surface area contributed by atoms with Crippen molar-refractivity contribution in [1.82, 2.24) is 0 Å². The van der Waals surface area contributed by atoms with Gasteiger partial charge in [0.15, 0.2) is 0 Å². The van der Waals surface area contributed by atoms with Crippen molar-refractivity contribution in [2.75, 3.05) is 0 Å². The summed E-state index contributed by atoms with van der Waals surface area (Å²) in [5, 5.41) is 0.766. The quantitative estimate of drug-likeness (QED) is 0.533. The van der Waals surface area contributed by atoms with Crippen molar-refractivity contribution in [2.45, 2.75) is 58.1 Å². The zero-order valence-corrected chi connectivity index (χ0v) is 12.1. The highest BCUT2D eigenvalue weighted by Gasteiger charge is 2.44. The summed E-state index contributed by atoms with van der Waals surface area (Å²) in [5.41, 5.74) is 2.27. The molecule has 94 valence electrons. The highest BCUT2D eigenvalue weighted by molar-refractivity contribution is 8.03. The lowest BCUT2D eigenvalue weighted by Gasteiger charge is -2.49. The Bertz CT molecular complexity index is 375. The first-order chi connectivity index (χ1) is 8.09. The maximum atomic E-state index is 2.51. The number of rotatable bonds is 0. The molecule has 0 unspecified atom stereocenters. The van der Waals surface area contributed by atoms with Gasteiger partial charge in [0, 0.05) is 5.25 Å². The largest absolute Gasteiger partial charge is 0.123 e. The number of thioether (sulfide) groups is 1. The minimum Gasteiger partial charge on any atom is -0.123 e. The number of allylic oxidation sites excluding steroid dienone is 3. The first-order valence-electron chi connectivity index (χ1n) is 7.15. The molecule has 0 aromatic carbocycles. The lowest BCUT2D eigenvalue weighted by molar-refractivity contribution is 0.230. The molecule has 0 aromatic rings. The average Bonchev–Trinajstić information content (AvgIpc) is 2.28. The highest BCUT2D eigenvalue weighted by Crippen LogP contribution is 2.57. The summed E-state index contributed by atoms with van der Waals surface area (Å²) in [6.45, 7) is 7.43. The number of hydrogen-bond donors (Lipinski definition) is 0. The van der Waals surface area contributed by atoms with Gasteiger partial charge in [0.25, 0.3) is 0 Å². The van der Waals surface area contributed by atoms with Crippen molar-refractivity contribution in [3.63, 3.8) is 0 Å². The molecule has 3 rings (SSSR count). The first-order valence-corrected chi connectivity index (χ1v) is 8.03. The van der Waals surface area contributed by atoms with E-state index in [9.17, 15) is 0 Å². The van der Waals surface area contributed by atoms with Crippen LogP contribution >= 0.6 is 11.8 Å². The molecular weight excluding hydrogens is 224 g/mol. The second kappa shape index (κ2) is 4.19. The molecule has 0 aromatic heterocycles. The van der Waals surface area contributed by atoms with E-state index in [2.05, 4.69) is 44.7 Å². The van der Waals surface area contributed by atoms with Crippen LogP contribution in [-0.2, 0) is 0 Å². The van der Waals surface area contributed by atoms with Crippen LogP contribution in [0.5, 0.6) is 0 Å². The van der Waals surface area contributed by atoms with Crippen molar-refractivity contribution < 1.29 is 0 Å². The third kappa shape index (κ3) is 1.91. The van der Waals surface area contributed by atoms with E-state index < -0.39 is 0 Å². The summed E-state index contributed by atoms with van der Waals surface area (Å²) in [5.74, 6) is 1.78. The summed E-state index contributed by atoms with van der Waals surface area (Å²) in [6.07, 6.45) is 11.7. The fraction of sp³-hybridized carbons (Fsp3) is 0.750. The van der Waals surface area contributed by atoms with Crippen LogP contribution < -0.4 is 0 Å². The van der Waals surface area contributed by atoms with E-state index in [1.807, 2.05) is 5.57 Å². The molecule has 0 bridgehead atoms. The van der Waals surface area contributed by atoms with Crippen LogP contribution in [0.3, 0.4) is 0 Å². The average molecular weight is 248 g/mol. The maximum Gasteiger partial charge on any atom is 0.0307 e. The zero-order chi connectivity index (χ0) is 12.0. The SMILES string of the molecule is C[C@@H]1CCC2=C(C1)S[C@H]1C=CCC[C@H]1C2(C)C. The predicted molar refractivity (Wildman–Crippen MR) is 77.1 cm³/mol. The van der Waals surface area contributed by atoms with Gasteiger partial charge in [-0.05, 0) is 54.3 Å². The Morgan fingerprint density at radius 2 is 2.12 bits per heavy atom. The van der Waals surface area contributed by atoms with E-state index in [0.717, 1.165) is 17.1 Å². The minimum atomic E-state index is 0.455. The second-order valence-corrected chi connectivity index (χ2v) is 7.94. The van der Waals surface area contributed by atoms with Gasteiger partial charge in [-0.1, -0.05) is 38.5 Å². The highest BCUT2D eigenvalue weighted by atomic mass is 32.2. The lowest BCUT2D eigenvalue weighted by Crippen LogP contribution is -2.39. The molecule has 0 saturated carbocycles. The van der Waals surface area contributed by atoms with Crippen LogP contribution in [-0.4, -0.2) is 5.25 Å². The lowest BCUT2D eigenvalue weighted by atomic mass is 9.65. The summed E-state index contributed by atoms with van der Waals surface area (Å²) in [7, 11) is 0. The molecule has 1 heteroatoms. The Labute approximate surface area is 110 Å². The van der Waals surface area contributed by atoms with Crippen molar-refractivity contribution in [2.24, 2.45) is 17.3 Å². The molecule has 0 spiro atoms. The summed E-state index contributed by atoms with van der Waals surface area (Å²) in [4.78, 5) is 1.75. The van der Waals surface area contributed by atoms with Gasteiger partial charge in [-0.15, -0.1) is 11.8 Å². The summed E-state index contributed by atoms with van der Waals surface area (Å²) < 4.78 is 0. The number of fused-ring (bicyclic) bond motifs is 1. The molecule has 0 radical (unpaired) electrons. The molecule has 0 amide bonds. The molecule has 17 heavy (non-hydrogen) atoms. The van der Waals surface area contributed by atoms with Gasteiger partial charge in [0.1, 0.15) is 0 Å². The van der Waals surface area contributed by atoms with E-state index in [1.54, 1.807) is 4.91 Å². The molecule has 0 nitrogen and oxygen atoms in total. The summed E-state index contributed by atoms with van der Waals surface area (Å²) >= 11 is 2.20. The molecule has 3 atom stereocenters. The van der Waals surface area contributed by atoms with Crippen molar-refractivity contribution in [3.05, 3.63) is 22.6 Å². The smallest absolute Gasteiger partial charge is 0.0307 e. The second-order valence-electron chi connectivity index (χ2n) is 6.67. The summed E-state index contributed by atoms with van der Waals surface area (Å²) in [6, 6.07) is 0. The Kier molecular flexibility index (Phi) is 2.93. The monoisotopic (exact) mass is 248 g/mol. The van der Waals surface area contributed by atoms with Gasteiger partial charge < -0.3 is 0 Å². The molecule has 0 fully saturated rings. The van der Waals surface area contributed by atoms with E-state index in [0.29, 0.717) is 5.41 Å². The van der Waals surface area contributed by atoms with E-state index >= 15 is 0 Å². The van der Waals surface area contributed by atoms with Crippen LogP contribution in [0.4, 0.5) is 0 Å². The van der Waals surface area contributed by atoms with Crippen LogP contribution in [0.1, 0.15) is 52.9 Å². The molecule has 1 aliphatic heterocycles. The predicted octanol–water partition coefficient (Wildman–Crippen LogP) is 5.17. The standard InChI is InChI=1S/C16H24S/c1-11-8-9-13-15(10-11)17-14-7-5-4-6-12(14)16(13,2)3/h5,7,11-12,14H,4,6,8-10H2,1-3H3/t11-,12-,14+/m1/s1. The Morgan fingerprint density at radius 1 is 1.29 bits per heavy atom. The van der Waals surface area contributed by atoms with Gasteiger partial charge in [-0.2, -0.15) is 0 Å². The fourth-order valence-corrected chi connectivity index (χ4v) is 6.01. The Morgan fingerprint density at radius 3 is 2.94 bits per heavy atom. The van der Waals surface area contributed by atoms with E-state index in [1.165, 1.54) is 32.1 Å². The van der Waals surface area contributed by atoms with Gasteiger partial charge in [0.2, 0.25) is 0 Å². The molecule has 2 aliphatic carbocycles. The van der Waals surface area contributed by atoms with E-state index in [-0.39, 0.29) is 0 Å². The number of hydrogen-bond acceptors (Lipinski definition) is 1.